The van der Waals surface area contributed by atoms with Crippen molar-refractivity contribution in [3.8, 4) is 6.07 Å². The summed E-state index contributed by atoms with van der Waals surface area (Å²) in [7, 11) is 0. The fourth-order valence-electron chi connectivity index (χ4n) is 2.05. The van der Waals surface area contributed by atoms with Gasteiger partial charge < -0.3 is 0 Å². The first-order valence-corrected chi connectivity index (χ1v) is 9.24. The molecule has 0 bridgehead atoms. The van der Waals surface area contributed by atoms with Gasteiger partial charge in [0.05, 0.1) is 17.5 Å². The Morgan fingerprint density at radius 2 is 2.35 bits per heavy atom. The highest BCUT2D eigenvalue weighted by atomic mass is 35.5. The van der Waals surface area contributed by atoms with Gasteiger partial charge in [-0.05, 0) is 42.1 Å². The molecular weight excluding hydrogens is 348 g/mol. The molecule has 3 rings (SSSR count). The third-order valence-corrected chi connectivity index (χ3v) is 5.53. The van der Waals surface area contributed by atoms with E-state index in [0.717, 1.165) is 33.0 Å². The molecule has 0 aromatic heterocycles. The monoisotopic (exact) mass is 360 g/mol. The van der Waals surface area contributed by atoms with Crippen LogP contribution in [0.1, 0.15) is 18.9 Å². The number of aliphatic imine (C=N–C) groups is 1. The Hall–Kier alpha value is -1.68. The van der Waals surface area contributed by atoms with E-state index >= 15 is 0 Å². The standard InChI is InChI=1S/C16H13ClN4S2/c1-2-8-22-16-20-21-13(6-7-18)10-14(19-15(21)23-16)11-4-3-5-12(17)9-11/h3-6,9-10H,2,8H2,1H3/b13-6+. The highest BCUT2D eigenvalue weighted by Gasteiger charge is 2.29. The smallest absolute Gasteiger partial charge is 0.196 e. The lowest BCUT2D eigenvalue weighted by atomic mass is 10.1. The fourth-order valence-corrected chi connectivity index (χ4v) is 4.13. The molecule has 0 radical (unpaired) electrons. The second-order valence-corrected chi connectivity index (χ2v) is 7.50. The number of hydrazone groups is 1. The topological polar surface area (TPSA) is 51.8 Å². The molecule has 0 atom stereocenters. The van der Waals surface area contributed by atoms with Crippen molar-refractivity contribution in [3.05, 3.63) is 52.7 Å². The molecule has 23 heavy (non-hydrogen) atoms. The predicted octanol–water partition coefficient (Wildman–Crippen LogP) is 4.92. The van der Waals surface area contributed by atoms with Crippen molar-refractivity contribution in [1.82, 2.24) is 5.01 Å². The van der Waals surface area contributed by atoms with Crippen molar-refractivity contribution in [2.45, 2.75) is 13.3 Å². The van der Waals surface area contributed by atoms with Crippen LogP contribution in [-0.4, -0.2) is 20.3 Å². The molecule has 2 heterocycles. The third kappa shape index (κ3) is 3.63. The minimum atomic E-state index is 0.659. The Balaban J connectivity index is 1.95. The fraction of sp³-hybridized carbons (Fsp3) is 0.188. The van der Waals surface area contributed by atoms with Gasteiger partial charge in [-0.1, -0.05) is 42.4 Å². The van der Waals surface area contributed by atoms with Crippen molar-refractivity contribution in [2.75, 3.05) is 5.75 Å². The molecule has 0 unspecified atom stereocenters. The van der Waals surface area contributed by atoms with E-state index in [4.69, 9.17) is 16.9 Å². The number of allylic oxidation sites excluding steroid dienone is 2. The van der Waals surface area contributed by atoms with Crippen LogP contribution in [-0.2, 0) is 0 Å². The van der Waals surface area contributed by atoms with Gasteiger partial charge in [-0.2, -0.15) is 10.4 Å². The van der Waals surface area contributed by atoms with Gasteiger partial charge in [0.25, 0.3) is 0 Å². The normalized spacial score (nSPS) is 18.2. The van der Waals surface area contributed by atoms with Gasteiger partial charge in [0.1, 0.15) is 0 Å². The molecule has 7 heteroatoms. The number of hydrogen-bond acceptors (Lipinski definition) is 6. The number of amidine groups is 1. The van der Waals surface area contributed by atoms with Gasteiger partial charge >= 0.3 is 0 Å². The molecule has 0 N–H and O–H groups in total. The average molecular weight is 361 g/mol. The number of fused-ring (bicyclic) bond motifs is 1. The quantitative estimate of drug-likeness (QED) is 0.718. The lowest BCUT2D eigenvalue weighted by Gasteiger charge is -2.20. The van der Waals surface area contributed by atoms with Crippen LogP contribution >= 0.6 is 35.1 Å². The zero-order chi connectivity index (χ0) is 16.2. The summed E-state index contributed by atoms with van der Waals surface area (Å²) >= 11 is 9.31. The zero-order valence-corrected chi connectivity index (χ0v) is 14.8. The Kier molecular flexibility index (Phi) is 5.11. The van der Waals surface area contributed by atoms with Crippen LogP contribution in [0, 0.1) is 11.3 Å². The Bertz CT molecular complexity index is 790. The van der Waals surface area contributed by atoms with Crippen molar-refractivity contribution < 1.29 is 0 Å². The summed E-state index contributed by atoms with van der Waals surface area (Å²) in [5.74, 6) is 1.01. The maximum atomic E-state index is 9.04. The van der Waals surface area contributed by atoms with Crippen LogP contribution in [0.25, 0.3) is 5.70 Å². The maximum absolute atomic E-state index is 9.04. The van der Waals surface area contributed by atoms with Crippen LogP contribution in [0.2, 0.25) is 5.02 Å². The second-order valence-electron chi connectivity index (χ2n) is 4.76. The van der Waals surface area contributed by atoms with E-state index in [1.165, 1.54) is 17.8 Å². The molecule has 1 aromatic rings. The predicted molar refractivity (Wildman–Crippen MR) is 100 cm³/mol. The van der Waals surface area contributed by atoms with E-state index in [9.17, 15) is 0 Å². The van der Waals surface area contributed by atoms with E-state index in [1.807, 2.05) is 30.3 Å². The van der Waals surface area contributed by atoms with Crippen molar-refractivity contribution in [3.63, 3.8) is 0 Å². The minimum absolute atomic E-state index is 0.659. The number of halogens is 1. The molecule has 2 aliphatic heterocycles. The largest absolute Gasteiger partial charge is 0.222 e. The van der Waals surface area contributed by atoms with Crippen LogP contribution in [0.4, 0.5) is 0 Å². The number of nitrogens with zero attached hydrogens (tertiary/aromatic N) is 4. The molecule has 0 saturated heterocycles. The molecule has 0 aliphatic carbocycles. The van der Waals surface area contributed by atoms with Gasteiger partial charge in [0.2, 0.25) is 0 Å². The number of nitriles is 1. The summed E-state index contributed by atoms with van der Waals surface area (Å²) in [5.41, 5.74) is 2.42. The minimum Gasteiger partial charge on any atom is -0.222 e. The van der Waals surface area contributed by atoms with Crippen LogP contribution in [0.15, 0.2) is 52.2 Å². The van der Waals surface area contributed by atoms with Gasteiger partial charge in [-0.15, -0.1) is 0 Å². The summed E-state index contributed by atoms with van der Waals surface area (Å²) in [6.45, 7) is 2.14. The molecule has 0 amide bonds. The second kappa shape index (κ2) is 7.26. The number of thioether (sulfide) groups is 2. The van der Waals surface area contributed by atoms with E-state index < -0.39 is 0 Å². The molecule has 4 nitrogen and oxygen atoms in total. The first-order valence-electron chi connectivity index (χ1n) is 7.06. The third-order valence-electron chi connectivity index (χ3n) is 3.05. The molecule has 0 saturated carbocycles. The summed E-state index contributed by atoms with van der Waals surface area (Å²) < 4.78 is 0.954. The molecule has 2 aliphatic rings. The van der Waals surface area contributed by atoms with E-state index in [0.29, 0.717) is 10.7 Å². The molecular formula is C16H13ClN4S2. The van der Waals surface area contributed by atoms with E-state index in [2.05, 4.69) is 23.1 Å². The average Bonchev–Trinajstić information content (AvgIpc) is 2.96. The number of hydrogen-bond donors (Lipinski definition) is 0. The summed E-state index contributed by atoms with van der Waals surface area (Å²) in [6.07, 6.45) is 4.43. The van der Waals surface area contributed by atoms with Gasteiger partial charge in [-0.3, -0.25) is 0 Å². The summed E-state index contributed by atoms with van der Waals surface area (Å²) in [4.78, 5) is 4.68. The maximum Gasteiger partial charge on any atom is 0.196 e. The zero-order valence-electron chi connectivity index (χ0n) is 12.4. The Morgan fingerprint density at radius 1 is 1.48 bits per heavy atom. The van der Waals surface area contributed by atoms with Crippen LogP contribution in [0.3, 0.4) is 0 Å². The first kappa shape index (κ1) is 16.2. The lowest BCUT2D eigenvalue weighted by Crippen LogP contribution is -2.20. The van der Waals surface area contributed by atoms with E-state index in [-0.39, 0.29) is 0 Å². The number of rotatable bonds is 3. The SMILES string of the molecule is CCCSC1=NN2C(=NC(c3cccc(Cl)c3)=C/C2=C\C#N)S1. The van der Waals surface area contributed by atoms with Crippen LogP contribution < -0.4 is 0 Å². The summed E-state index contributed by atoms with van der Waals surface area (Å²) in [6, 6.07) is 9.61. The van der Waals surface area contributed by atoms with Crippen molar-refractivity contribution in [2.24, 2.45) is 10.1 Å². The molecule has 1 aromatic carbocycles. The van der Waals surface area contributed by atoms with E-state index in [1.54, 1.807) is 16.8 Å². The van der Waals surface area contributed by atoms with Gasteiger partial charge in [0, 0.05) is 16.7 Å². The van der Waals surface area contributed by atoms with Crippen molar-refractivity contribution >= 4 is 50.4 Å². The van der Waals surface area contributed by atoms with Gasteiger partial charge in [-0.25, -0.2) is 10.0 Å². The first-order chi connectivity index (χ1) is 11.2. The van der Waals surface area contributed by atoms with Crippen LogP contribution in [0.5, 0.6) is 0 Å². The molecule has 0 fully saturated rings. The lowest BCUT2D eigenvalue weighted by molar-refractivity contribution is 0.584. The number of benzene rings is 1. The van der Waals surface area contributed by atoms with Crippen molar-refractivity contribution in [1.29, 1.82) is 5.26 Å². The summed E-state index contributed by atoms with van der Waals surface area (Å²) in [5, 5.41) is 16.7. The van der Waals surface area contributed by atoms with Gasteiger partial charge in [0.15, 0.2) is 9.54 Å². The highest BCUT2D eigenvalue weighted by molar-refractivity contribution is 8.45. The molecule has 116 valence electrons. The Morgan fingerprint density at radius 3 is 3.09 bits per heavy atom. The highest BCUT2D eigenvalue weighted by Crippen LogP contribution is 2.37. The Labute approximate surface area is 148 Å². The molecule has 0 spiro atoms.